The second kappa shape index (κ2) is 7.50. The highest BCUT2D eigenvalue weighted by Crippen LogP contribution is 2.36. The average Bonchev–Trinajstić information content (AvgIpc) is 2.93. The molecule has 0 bridgehead atoms. The van der Waals surface area contributed by atoms with E-state index in [0.717, 1.165) is 29.1 Å². The quantitative estimate of drug-likeness (QED) is 0.675. The van der Waals surface area contributed by atoms with Crippen LogP contribution in [0.5, 0.6) is 0 Å². The number of urea groups is 1. The van der Waals surface area contributed by atoms with Gasteiger partial charge in [0.2, 0.25) is 11.8 Å². The van der Waals surface area contributed by atoms with Gasteiger partial charge in [0.1, 0.15) is 5.54 Å². The SMILES string of the molecule is CC1CCC2(CC1)NC(=O)N(NC(=O)CCC1Cc3ccccc3NC1=O)C2=O. The van der Waals surface area contributed by atoms with Crippen LogP contribution in [0.1, 0.15) is 51.0 Å². The molecule has 1 saturated carbocycles. The van der Waals surface area contributed by atoms with Gasteiger partial charge in [0.25, 0.3) is 5.91 Å². The van der Waals surface area contributed by atoms with Gasteiger partial charge in [0.05, 0.1) is 0 Å². The summed E-state index contributed by atoms with van der Waals surface area (Å²) in [6.45, 7) is 2.13. The lowest BCUT2D eigenvalue weighted by Crippen LogP contribution is -2.51. The van der Waals surface area contributed by atoms with E-state index in [2.05, 4.69) is 23.0 Å². The van der Waals surface area contributed by atoms with Crippen LogP contribution in [0.3, 0.4) is 0 Å². The number of hydrogen-bond acceptors (Lipinski definition) is 4. The van der Waals surface area contributed by atoms with E-state index in [1.165, 1.54) is 0 Å². The Hall–Kier alpha value is -2.90. The third-order valence-electron chi connectivity index (χ3n) is 6.36. The van der Waals surface area contributed by atoms with Crippen molar-refractivity contribution < 1.29 is 19.2 Å². The van der Waals surface area contributed by atoms with Gasteiger partial charge in [-0.15, -0.1) is 0 Å². The monoisotopic (exact) mass is 398 g/mol. The largest absolute Gasteiger partial charge is 0.344 e. The summed E-state index contributed by atoms with van der Waals surface area (Å²) in [5, 5.41) is 6.46. The number of hydrazine groups is 1. The normalized spacial score (nSPS) is 28.7. The van der Waals surface area contributed by atoms with Crippen LogP contribution in [0.15, 0.2) is 24.3 Å². The Morgan fingerprint density at radius 2 is 1.93 bits per heavy atom. The minimum Gasteiger partial charge on any atom is -0.326 e. The summed E-state index contributed by atoms with van der Waals surface area (Å²) in [5.41, 5.74) is 3.40. The molecule has 3 N–H and O–H groups in total. The fourth-order valence-corrected chi connectivity index (χ4v) is 4.45. The molecule has 1 unspecified atom stereocenters. The molecule has 2 heterocycles. The molecule has 1 spiro atoms. The number of imide groups is 1. The smallest absolute Gasteiger partial charge is 0.326 e. The van der Waals surface area contributed by atoms with Gasteiger partial charge >= 0.3 is 6.03 Å². The summed E-state index contributed by atoms with van der Waals surface area (Å²) in [5.74, 6) is -0.721. The second-order valence-corrected chi connectivity index (χ2v) is 8.46. The summed E-state index contributed by atoms with van der Waals surface area (Å²) < 4.78 is 0. The number of fused-ring (bicyclic) bond motifs is 1. The third-order valence-corrected chi connectivity index (χ3v) is 6.36. The summed E-state index contributed by atoms with van der Waals surface area (Å²) in [6.07, 6.45) is 3.89. The Morgan fingerprint density at radius 1 is 1.21 bits per heavy atom. The highest BCUT2D eigenvalue weighted by atomic mass is 16.2. The second-order valence-electron chi connectivity index (χ2n) is 8.46. The van der Waals surface area contributed by atoms with Crippen LogP contribution in [0, 0.1) is 11.8 Å². The molecule has 1 aromatic rings. The van der Waals surface area contributed by atoms with Crippen molar-refractivity contribution in [3.8, 4) is 0 Å². The van der Waals surface area contributed by atoms with Crippen molar-refractivity contribution in [3.63, 3.8) is 0 Å². The maximum absolute atomic E-state index is 12.8. The minimum absolute atomic E-state index is 0.0569. The molecule has 0 radical (unpaired) electrons. The molecular weight excluding hydrogens is 372 g/mol. The average molecular weight is 398 g/mol. The summed E-state index contributed by atoms with van der Waals surface area (Å²) >= 11 is 0. The molecule has 2 aliphatic heterocycles. The maximum Gasteiger partial charge on any atom is 0.344 e. The molecule has 3 aliphatic rings. The molecule has 8 heteroatoms. The number of nitrogens with zero attached hydrogens (tertiary/aromatic N) is 1. The van der Waals surface area contributed by atoms with Crippen LogP contribution in [0.2, 0.25) is 0 Å². The molecule has 1 aliphatic carbocycles. The van der Waals surface area contributed by atoms with E-state index in [4.69, 9.17) is 0 Å². The first-order valence-electron chi connectivity index (χ1n) is 10.2. The van der Waals surface area contributed by atoms with Gasteiger partial charge in [-0.05, 0) is 56.1 Å². The number of nitrogens with one attached hydrogen (secondary N) is 3. The first-order valence-corrected chi connectivity index (χ1v) is 10.2. The third kappa shape index (κ3) is 3.71. The van der Waals surface area contributed by atoms with Crippen molar-refractivity contribution in [2.75, 3.05) is 5.32 Å². The predicted molar refractivity (Wildman–Crippen MR) is 105 cm³/mol. The fraction of sp³-hybridized carbons (Fsp3) is 0.524. The Labute approximate surface area is 169 Å². The molecule has 2 fully saturated rings. The van der Waals surface area contributed by atoms with Gasteiger partial charge in [-0.25, -0.2) is 4.79 Å². The fourth-order valence-electron chi connectivity index (χ4n) is 4.45. The van der Waals surface area contributed by atoms with E-state index in [0.29, 0.717) is 31.6 Å². The van der Waals surface area contributed by atoms with Crippen LogP contribution in [-0.2, 0) is 20.8 Å². The van der Waals surface area contributed by atoms with Crippen molar-refractivity contribution in [1.82, 2.24) is 15.8 Å². The van der Waals surface area contributed by atoms with E-state index < -0.39 is 17.5 Å². The topological polar surface area (TPSA) is 108 Å². The molecular formula is C21H26N4O4. The van der Waals surface area contributed by atoms with E-state index in [1.54, 1.807) is 0 Å². The number of anilines is 1. The molecule has 4 rings (SSSR count). The van der Waals surface area contributed by atoms with Crippen molar-refractivity contribution >= 4 is 29.4 Å². The first-order chi connectivity index (χ1) is 13.9. The lowest BCUT2D eigenvalue weighted by molar-refractivity contribution is -0.140. The molecule has 8 nitrogen and oxygen atoms in total. The molecule has 0 aromatic heterocycles. The van der Waals surface area contributed by atoms with E-state index in [9.17, 15) is 19.2 Å². The van der Waals surface area contributed by atoms with Crippen LogP contribution >= 0.6 is 0 Å². The molecule has 29 heavy (non-hydrogen) atoms. The predicted octanol–water partition coefficient (Wildman–Crippen LogP) is 2.11. The summed E-state index contributed by atoms with van der Waals surface area (Å²) in [7, 11) is 0. The van der Waals surface area contributed by atoms with Gasteiger partial charge in [0, 0.05) is 18.0 Å². The van der Waals surface area contributed by atoms with Gasteiger partial charge in [0.15, 0.2) is 0 Å². The van der Waals surface area contributed by atoms with Crippen molar-refractivity contribution in [3.05, 3.63) is 29.8 Å². The van der Waals surface area contributed by atoms with Crippen LogP contribution in [0.25, 0.3) is 0 Å². The van der Waals surface area contributed by atoms with Gasteiger partial charge in [-0.1, -0.05) is 25.1 Å². The summed E-state index contributed by atoms with van der Waals surface area (Å²) in [6, 6.07) is 7.02. The number of carbonyl (C=O) groups excluding carboxylic acids is 4. The van der Waals surface area contributed by atoms with E-state index in [1.807, 2.05) is 24.3 Å². The van der Waals surface area contributed by atoms with Crippen LogP contribution < -0.4 is 16.1 Å². The number of benzene rings is 1. The van der Waals surface area contributed by atoms with Crippen molar-refractivity contribution in [2.24, 2.45) is 11.8 Å². The number of para-hydroxylation sites is 1. The molecule has 154 valence electrons. The number of carbonyl (C=O) groups is 4. The lowest BCUT2D eigenvalue weighted by Gasteiger charge is -2.33. The molecule has 5 amide bonds. The molecule has 1 atom stereocenters. The highest BCUT2D eigenvalue weighted by Gasteiger charge is 2.52. The first kappa shape index (κ1) is 19.4. The lowest BCUT2D eigenvalue weighted by atomic mass is 9.77. The molecule has 1 saturated heterocycles. The number of rotatable bonds is 4. The summed E-state index contributed by atoms with van der Waals surface area (Å²) in [4.78, 5) is 49.7. The standard InChI is InChI=1S/C21H26N4O4/c1-13-8-10-21(11-9-13)19(28)25(20(29)23-21)24-17(26)7-6-15-12-14-4-2-3-5-16(14)22-18(15)27/h2-5,13,15H,6-12H2,1H3,(H,22,27)(H,23,29)(H,24,26). The van der Waals surface area contributed by atoms with Gasteiger partial charge in [-0.3, -0.25) is 19.8 Å². The Bertz CT molecular complexity index is 860. The highest BCUT2D eigenvalue weighted by molar-refractivity contribution is 6.08. The Kier molecular flexibility index (Phi) is 5.02. The zero-order valence-corrected chi connectivity index (χ0v) is 16.5. The van der Waals surface area contributed by atoms with Crippen LogP contribution in [0.4, 0.5) is 10.5 Å². The van der Waals surface area contributed by atoms with Crippen LogP contribution in [-0.4, -0.2) is 34.3 Å². The Balaban J connectivity index is 1.33. The van der Waals surface area contributed by atoms with Gasteiger partial charge in [-0.2, -0.15) is 5.01 Å². The van der Waals surface area contributed by atoms with E-state index >= 15 is 0 Å². The zero-order chi connectivity index (χ0) is 20.6. The van der Waals surface area contributed by atoms with E-state index in [-0.39, 0.29) is 24.2 Å². The van der Waals surface area contributed by atoms with Gasteiger partial charge < -0.3 is 10.6 Å². The number of amides is 5. The Morgan fingerprint density at radius 3 is 2.69 bits per heavy atom. The molecule has 1 aromatic carbocycles. The van der Waals surface area contributed by atoms with Crippen molar-refractivity contribution in [1.29, 1.82) is 0 Å². The maximum atomic E-state index is 12.8. The zero-order valence-electron chi connectivity index (χ0n) is 16.5. The number of hydrogen-bond donors (Lipinski definition) is 3. The van der Waals surface area contributed by atoms with Crippen molar-refractivity contribution in [2.45, 2.75) is 57.4 Å². The minimum atomic E-state index is -0.885.